The van der Waals surface area contributed by atoms with Crippen LogP contribution in [0.2, 0.25) is 0 Å². The Bertz CT molecular complexity index is 968. The van der Waals surface area contributed by atoms with E-state index < -0.39 is 6.04 Å². The fourth-order valence-electron chi connectivity index (χ4n) is 2.65. The van der Waals surface area contributed by atoms with Gasteiger partial charge in [-0.15, -0.1) is 0 Å². The van der Waals surface area contributed by atoms with Crippen LogP contribution in [0.25, 0.3) is 11.4 Å². The predicted molar refractivity (Wildman–Crippen MR) is 94.7 cm³/mol. The first-order valence-electron chi connectivity index (χ1n) is 8.32. The van der Waals surface area contributed by atoms with Gasteiger partial charge in [0.25, 0.3) is 5.91 Å². The van der Waals surface area contributed by atoms with E-state index in [0.29, 0.717) is 34.5 Å². The molecular formula is C19H17N3O5. The summed E-state index contributed by atoms with van der Waals surface area (Å²) < 4.78 is 21.0. The summed E-state index contributed by atoms with van der Waals surface area (Å²) >= 11 is 0. The van der Waals surface area contributed by atoms with Crippen LogP contribution in [0.15, 0.2) is 47.0 Å². The number of benzene rings is 2. The van der Waals surface area contributed by atoms with E-state index in [1.807, 2.05) is 6.07 Å². The van der Waals surface area contributed by atoms with Crippen molar-refractivity contribution >= 4 is 5.91 Å². The third-order valence-electron chi connectivity index (χ3n) is 4.14. The smallest absolute Gasteiger partial charge is 0.251 e. The molecule has 0 aliphatic carbocycles. The molecule has 8 heteroatoms. The molecule has 1 amide bonds. The monoisotopic (exact) mass is 367 g/mol. The van der Waals surface area contributed by atoms with E-state index in [0.717, 1.165) is 5.56 Å². The summed E-state index contributed by atoms with van der Waals surface area (Å²) in [5.74, 6) is 2.48. The zero-order valence-electron chi connectivity index (χ0n) is 14.8. The number of amides is 1. The van der Waals surface area contributed by atoms with Crippen LogP contribution in [0.5, 0.6) is 17.2 Å². The van der Waals surface area contributed by atoms with E-state index in [1.165, 1.54) is 0 Å². The number of methoxy groups -OCH3 is 1. The third-order valence-corrected chi connectivity index (χ3v) is 4.14. The quantitative estimate of drug-likeness (QED) is 0.740. The number of nitrogens with one attached hydrogen (secondary N) is 1. The highest BCUT2D eigenvalue weighted by Gasteiger charge is 2.20. The van der Waals surface area contributed by atoms with Gasteiger partial charge in [-0.05, 0) is 49.4 Å². The van der Waals surface area contributed by atoms with Crippen LogP contribution >= 0.6 is 0 Å². The topological polar surface area (TPSA) is 95.7 Å². The maximum atomic E-state index is 12.4. The van der Waals surface area contributed by atoms with Gasteiger partial charge in [-0.3, -0.25) is 4.79 Å². The van der Waals surface area contributed by atoms with Gasteiger partial charge < -0.3 is 24.1 Å². The maximum Gasteiger partial charge on any atom is 0.251 e. The molecule has 4 rings (SSSR count). The van der Waals surface area contributed by atoms with Crippen molar-refractivity contribution in [1.82, 2.24) is 15.5 Å². The molecule has 27 heavy (non-hydrogen) atoms. The number of nitrogens with zero attached hydrogens (tertiary/aromatic N) is 2. The van der Waals surface area contributed by atoms with E-state index in [1.54, 1.807) is 50.4 Å². The molecule has 138 valence electrons. The number of hydrogen-bond donors (Lipinski definition) is 1. The van der Waals surface area contributed by atoms with E-state index in [-0.39, 0.29) is 12.7 Å². The van der Waals surface area contributed by atoms with Gasteiger partial charge in [0.2, 0.25) is 18.5 Å². The molecule has 0 radical (unpaired) electrons. The molecule has 1 atom stereocenters. The lowest BCUT2D eigenvalue weighted by atomic mass is 10.2. The van der Waals surface area contributed by atoms with Crippen LogP contribution < -0.4 is 19.5 Å². The molecule has 0 saturated carbocycles. The summed E-state index contributed by atoms with van der Waals surface area (Å²) in [6, 6.07) is 11.8. The number of hydrogen-bond acceptors (Lipinski definition) is 7. The fourth-order valence-corrected chi connectivity index (χ4v) is 2.65. The Kier molecular flexibility index (Phi) is 4.37. The van der Waals surface area contributed by atoms with Crippen molar-refractivity contribution in [3.63, 3.8) is 0 Å². The Morgan fingerprint density at radius 1 is 1.15 bits per heavy atom. The van der Waals surface area contributed by atoms with Crippen molar-refractivity contribution in [2.24, 2.45) is 0 Å². The molecular weight excluding hydrogens is 350 g/mol. The first-order chi connectivity index (χ1) is 13.1. The molecule has 3 aromatic rings. The van der Waals surface area contributed by atoms with Gasteiger partial charge >= 0.3 is 0 Å². The minimum absolute atomic E-state index is 0.199. The predicted octanol–water partition coefficient (Wildman–Crippen LogP) is 2.96. The van der Waals surface area contributed by atoms with Gasteiger partial charge in [-0.2, -0.15) is 4.98 Å². The van der Waals surface area contributed by atoms with Gasteiger partial charge in [0, 0.05) is 11.1 Å². The van der Waals surface area contributed by atoms with E-state index in [9.17, 15) is 4.79 Å². The standard InChI is InChI=1S/C19H17N3O5/c1-11(20-18(23)12-3-6-14(24-2)7-4-12)19-21-17(22-27-19)13-5-8-15-16(9-13)26-10-25-15/h3-9,11H,10H2,1-2H3,(H,20,23)/t11-/m1/s1. The summed E-state index contributed by atoms with van der Waals surface area (Å²) in [5, 5.41) is 6.82. The Morgan fingerprint density at radius 3 is 2.70 bits per heavy atom. The second-order valence-corrected chi connectivity index (χ2v) is 5.95. The first kappa shape index (κ1) is 16.9. The summed E-state index contributed by atoms with van der Waals surface area (Å²) in [6.45, 7) is 1.98. The van der Waals surface area contributed by atoms with Gasteiger partial charge in [-0.1, -0.05) is 5.16 Å². The zero-order valence-corrected chi connectivity index (χ0v) is 14.8. The minimum Gasteiger partial charge on any atom is -0.497 e. The van der Waals surface area contributed by atoms with Gasteiger partial charge in [0.15, 0.2) is 11.5 Å². The minimum atomic E-state index is -0.449. The second-order valence-electron chi connectivity index (χ2n) is 5.95. The van der Waals surface area contributed by atoms with E-state index >= 15 is 0 Å². The molecule has 1 aromatic heterocycles. The summed E-state index contributed by atoms with van der Waals surface area (Å²) in [6.07, 6.45) is 0. The fraction of sp³-hybridized carbons (Fsp3) is 0.211. The molecule has 0 spiro atoms. The summed E-state index contributed by atoms with van der Waals surface area (Å²) in [7, 11) is 1.57. The van der Waals surface area contributed by atoms with Crippen LogP contribution in [0.3, 0.4) is 0 Å². The van der Waals surface area contributed by atoms with Crippen LogP contribution in [0.4, 0.5) is 0 Å². The number of aromatic nitrogens is 2. The summed E-state index contributed by atoms with van der Waals surface area (Å²) in [5.41, 5.74) is 1.25. The molecule has 0 bridgehead atoms. The molecule has 0 unspecified atom stereocenters. The SMILES string of the molecule is COc1ccc(C(=O)N[C@H](C)c2nc(-c3ccc4c(c3)OCO4)no2)cc1. The maximum absolute atomic E-state index is 12.4. The van der Waals surface area contributed by atoms with Crippen molar-refractivity contribution < 1.29 is 23.5 Å². The summed E-state index contributed by atoms with van der Waals surface area (Å²) in [4.78, 5) is 16.7. The normalized spacial score (nSPS) is 13.3. The number of carbonyl (C=O) groups is 1. The molecule has 1 N–H and O–H groups in total. The Labute approximate surface area is 155 Å². The van der Waals surface area contributed by atoms with Crippen LogP contribution in [-0.4, -0.2) is 30.0 Å². The average Bonchev–Trinajstić information content (AvgIpc) is 3.36. The largest absolute Gasteiger partial charge is 0.497 e. The van der Waals surface area contributed by atoms with Crippen molar-refractivity contribution in [1.29, 1.82) is 0 Å². The zero-order chi connectivity index (χ0) is 18.8. The first-order valence-corrected chi connectivity index (χ1v) is 8.32. The number of carbonyl (C=O) groups excluding carboxylic acids is 1. The third kappa shape index (κ3) is 3.41. The number of fused-ring (bicyclic) bond motifs is 1. The highest BCUT2D eigenvalue weighted by molar-refractivity contribution is 5.94. The van der Waals surface area contributed by atoms with Crippen LogP contribution in [0.1, 0.15) is 29.2 Å². The highest BCUT2D eigenvalue weighted by Crippen LogP contribution is 2.35. The lowest BCUT2D eigenvalue weighted by Crippen LogP contribution is -2.26. The number of rotatable bonds is 5. The van der Waals surface area contributed by atoms with E-state index in [2.05, 4.69) is 15.5 Å². The van der Waals surface area contributed by atoms with Gasteiger partial charge in [0.05, 0.1) is 7.11 Å². The molecule has 2 aromatic carbocycles. The van der Waals surface area contributed by atoms with Crippen molar-refractivity contribution in [3.8, 4) is 28.6 Å². The average molecular weight is 367 g/mol. The molecule has 0 fully saturated rings. The second kappa shape index (κ2) is 6.99. The Morgan fingerprint density at radius 2 is 1.93 bits per heavy atom. The molecule has 8 nitrogen and oxygen atoms in total. The molecule has 1 aliphatic rings. The van der Waals surface area contributed by atoms with Crippen molar-refractivity contribution in [3.05, 3.63) is 53.9 Å². The molecule has 2 heterocycles. The van der Waals surface area contributed by atoms with Crippen LogP contribution in [0, 0.1) is 0 Å². The van der Waals surface area contributed by atoms with Gasteiger partial charge in [-0.25, -0.2) is 0 Å². The van der Waals surface area contributed by atoms with Gasteiger partial charge in [0.1, 0.15) is 11.8 Å². The molecule has 0 saturated heterocycles. The van der Waals surface area contributed by atoms with Crippen LogP contribution in [-0.2, 0) is 0 Å². The van der Waals surface area contributed by atoms with Crippen molar-refractivity contribution in [2.45, 2.75) is 13.0 Å². The highest BCUT2D eigenvalue weighted by atomic mass is 16.7. The molecule has 1 aliphatic heterocycles. The Hall–Kier alpha value is -3.55. The van der Waals surface area contributed by atoms with Crippen molar-refractivity contribution in [2.75, 3.05) is 13.9 Å². The lowest BCUT2D eigenvalue weighted by molar-refractivity contribution is 0.0932. The lowest BCUT2D eigenvalue weighted by Gasteiger charge is -2.10. The van der Waals surface area contributed by atoms with E-state index in [4.69, 9.17) is 18.7 Å². The Balaban J connectivity index is 1.46. The number of ether oxygens (including phenoxy) is 3.